The van der Waals surface area contributed by atoms with E-state index in [4.69, 9.17) is 5.73 Å². The first-order chi connectivity index (χ1) is 17.4. The van der Waals surface area contributed by atoms with Crippen LogP contribution in [-0.4, -0.2) is 26.9 Å². The summed E-state index contributed by atoms with van der Waals surface area (Å²) in [5, 5.41) is 11.2. The van der Waals surface area contributed by atoms with Gasteiger partial charge in [-0.2, -0.15) is 0 Å². The maximum absolute atomic E-state index is 13.8. The minimum absolute atomic E-state index is 0.222. The van der Waals surface area contributed by atoms with Crippen molar-refractivity contribution in [3.63, 3.8) is 0 Å². The predicted molar refractivity (Wildman–Crippen MR) is 135 cm³/mol. The van der Waals surface area contributed by atoms with Crippen molar-refractivity contribution in [2.75, 3.05) is 4.90 Å². The summed E-state index contributed by atoms with van der Waals surface area (Å²) >= 11 is 0. The fourth-order valence-electron chi connectivity index (χ4n) is 5.14. The summed E-state index contributed by atoms with van der Waals surface area (Å²) in [7, 11) is 0. The monoisotopic (exact) mass is 480 g/mol. The number of H-pyrrole nitrogens is 1. The SMILES string of the molecule is Cc1c(-c2ccc(C(N)=O)c3[nH]c4cnc(CO)cc4c23)cccc1N1Cc2ccc(F)cc2C1=O. The molecule has 0 unspecified atom stereocenters. The fourth-order valence-corrected chi connectivity index (χ4v) is 5.14. The van der Waals surface area contributed by atoms with E-state index >= 15 is 0 Å². The van der Waals surface area contributed by atoms with Gasteiger partial charge in [-0.1, -0.05) is 24.3 Å². The number of nitrogens with two attached hydrogens (primary N) is 1. The molecule has 2 amide bonds. The number of aromatic nitrogens is 2. The third-order valence-corrected chi connectivity index (χ3v) is 6.88. The number of aliphatic hydroxyl groups is 1. The van der Waals surface area contributed by atoms with Gasteiger partial charge < -0.3 is 20.7 Å². The van der Waals surface area contributed by atoms with Crippen LogP contribution in [0.25, 0.3) is 32.9 Å². The normalized spacial score (nSPS) is 13.1. The number of fused-ring (bicyclic) bond motifs is 4. The predicted octanol–water partition coefficient (Wildman–Crippen LogP) is 4.58. The Morgan fingerprint density at radius 3 is 2.75 bits per heavy atom. The van der Waals surface area contributed by atoms with Crippen LogP contribution in [0.5, 0.6) is 0 Å². The van der Waals surface area contributed by atoms with Crippen LogP contribution in [0.15, 0.2) is 60.8 Å². The highest BCUT2D eigenvalue weighted by atomic mass is 19.1. The minimum Gasteiger partial charge on any atom is -0.390 e. The molecule has 0 radical (unpaired) electrons. The lowest BCUT2D eigenvalue weighted by molar-refractivity contribution is 0.0990. The number of carbonyl (C=O) groups is 2. The van der Waals surface area contributed by atoms with Gasteiger partial charge in [0.15, 0.2) is 0 Å². The van der Waals surface area contributed by atoms with Gasteiger partial charge in [0.05, 0.1) is 41.6 Å². The Labute approximate surface area is 205 Å². The summed E-state index contributed by atoms with van der Waals surface area (Å²) in [5.41, 5.74) is 12.2. The first-order valence-electron chi connectivity index (χ1n) is 11.4. The third-order valence-electron chi connectivity index (χ3n) is 6.88. The second-order valence-corrected chi connectivity index (χ2v) is 8.92. The number of carbonyl (C=O) groups excluding carboxylic acids is 2. The van der Waals surface area contributed by atoms with Gasteiger partial charge in [0, 0.05) is 22.0 Å². The van der Waals surface area contributed by atoms with Gasteiger partial charge in [-0.25, -0.2) is 4.39 Å². The van der Waals surface area contributed by atoms with Crippen molar-refractivity contribution in [2.24, 2.45) is 5.73 Å². The highest BCUT2D eigenvalue weighted by Gasteiger charge is 2.30. The Balaban J connectivity index is 1.57. The van der Waals surface area contributed by atoms with Gasteiger partial charge in [-0.15, -0.1) is 0 Å². The molecular weight excluding hydrogens is 459 g/mol. The Kier molecular flexibility index (Phi) is 4.87. The summed E-state index contributed by atoms with van der Waals surface area (Å²) in [6, 6.07) is 15.3. The maximum atomic E-state index is 13.8. The Morgan fingerprint density at radius 1 is 1.14 bits per heavy atom. The minimum atomic E-state index is -0.563. The zero-order valence-corrected chi connectivity index (χ0v) is 19.3. The number of nitrogens with zero attached hydrogens (tertiary/aromatic N) is 2. The number of aromatic amines is 1. The van der Waals surface area contributed by atoms with E-state index in [0.717, 1.165) is 38.7 Å². The average molecular weight is 480 g/mol. The van der Waals surface area contributed by atoms with E-state index in [1.807, 2.05) is 31.2 Å². The average Bonchev–Trinajstić information content (AvgIpc) is 3.41. The van der Waals surface area contributed by atoms with Crippen molar-refractivity contribution in [1.82, 2.24) is 9.97 Å². The molecule has 1 aliphatic rings. The lowest BCUT2D eigenvalue weighted by Gasteiger charge is -2.21. The maximum Gasteiger partial charge on any atom is 0.259 e. The first-order valence-corrected chi connectivity index (χ1v) is 11.4. The van der Waals surface area contributed by atoms with E-state index < -0.39 is 11.7 Å². The highest BCUT2D eigenvalue weighted by Crippen LogP contribution is 2.41. The van der Waals surface area contributed by atoms with Gasteiger partial charge in [-0.3, -0.25) is 14.6 Å². The van der Waals surface area contributed by atoms with E-state index in [-0.39, 0.29) is 12.5 Å². The van der Waals surface area contributed by atoms with Crippen molar-refractivity contribution in [1.29, 1.82) is 0 Å². The summed E-state index contributed by atoms with van der Waals surface area (Å²) in [4.78, 5) is 34.5. The molecule has 1 aliphatic heterocycles. The molecule has 3 aromatic carbocycles. The van der Waals surface area contributed by atoms with Crippen LogP contribution in [0.2, 0.25) is 0 Å². The fraction of sp³-hybridized carbons (Fsp3) is 0.107. The van der Waals surface area contributed by atoms with Crippen LogP contribution in [0.3, 0.4) is 0 Å². The number of anilines is 1. The lowest BCUT2D eigenvalue weighted by atomic mass is 9.93. The molecule has 6 rings (SSSR count). The van der Waals surface area contributed by atoms with Crippen LogP contribution < -0.4 is 10.6 Å². The lowest BCUT2D eigenvalue weighted by Crippen LogP contribution is -2.24. The molecule has 7 nitrogen and oxygen atoms in total. The van der Waals surface area contributed by atoms with Crippen molar-refractivity contribution < 1.29 is 19.1 Å². The molecule has 8 heteroatoms. The molecule has 3 heterocycles. The molecule has 0 saturated carbocycles. The molecule has 0 aliphatic carbocycles. The number of pyridine rings is 1. The summed E-state index contributed by atoms with van der Waals surface area (Å²) in [5.74, 6) is -1.25. The van der Waals surface area contributed by atoms with E-state index in [2.05, 4.69) is 9.97 Å². The number of primary amides is 1. The molecule has 0 spiro atoms. The van der Waals surface area contributed by atoms with Crippen molar-refractivity contribution >= 4 is 39.3 Å². The standard InChI is InChI=1S/C28H21FN4O3/c1-14-18(3-2-4-24(14)33-12-15-5-6-16(29)9-21(15)28(33)36)19-7-8-20(27(30)35)26-25(19)22-10-17(13-34)31-11-23(22)32-26/h2-11,32,34H,12-13H2,1H3,(H2,30,35). The number of rotatable bonds is 4. The summed E-state index contributed by atoms with van der Waals surface area (Å²) in [6.45, 7) is 2.07. The van der Waals surface area contributed by atoms with Crippen molar-refractivity contribution in [2.45, 2.75) is 20.1 Å². The summed E-state index contributed by atoms with van der Waals surface area (Å²) in [6.07, 6.45) is 1.62. The number of benzene rings is 3. The van der Waals surface area contributed by atoms with Crippen LogP contribution in [-0.2, 0) is 13.2 Å². The van der Waals surface area contributed by atoms with Crippen LogP contribution in [0.1, 0.15) is 37.5 Å². The molecule has 5 aromatic rings. The zero-order chi connectivity index (χ0) is 25.1. The zero-order valence-electron chi connectivity index (χ0n) is 19.3. The second-order valence-electron chi connectivity index (χ2n) is 8.92. The number of nitrogens with one attached hydrogen (secondary N) is 1. The molecule has 178 valence electrons. The van der Waals surface area contributed by atoms with E-state index in [9.17, 15) is 19.1 Å². The number of amides is 2. The third kappa shape index (κ3) is 3.19. The Morgan fingerprint density at radius 2 is 1.97 bits per heavy atom. The van der Waals surface area contributed by atoms with E-state index in [1.165, 1.54) is 12.1 Å². The number of halogens is 1. The van der Waals surface area contributed by atoms with E-state index in [0.29, 0.717) is 34.4 Å². The molecule has 0 atom stereocenters. The van der Waals surface area contributed by atoms with Crippen molar-refractivity contribution in [3.8, 4) is 11.1 Å². The van der Waals surface area contributed by atoms with Gasteiger partial charge in [-0.05, 0) is 59.5 Å². The van der Waals surface area contributed by atoms with Gasteiger partial charge in [0.1, 0.15) is 5.82 Å². The van der Waals surface area contributed by atoms with Crippen LogP contribution in [0.4, 0.5) is 10.1 Å². The molecular formula is C28H21FN4O3. The Bertz CT molecular complexity index is 1740. The summed E-state index contributed by atoms with van der Waals surface area (Å²) < 4.78 is 13.8. The van der Waals surface area contributed by atoms with Crippen LogP contribution >= 0.6 is 0 Å². The second kappa shape index (κ2) is 8.00. The number of hydrogen-bond donors (Lipinski definition) is 3. The molecule has 0 fully saturated rings. The molecule has 4 N–H and O–H groups in total. The van der Waals surface area contributed by atoms with Gasteiger partial charge in [0.25, 0.3) is 11.8 Å². The topological polar surface area (TPSA) is 112 Å². The van der Waals surface area contributed by atoms with Crippen molar-refractivity contribution in [3.05, 3.63) is 94.6 Å². The molecule has 0 bridgehead atoms. The number of hydrogen-bond acceptors (Lipinski definition) is 4. The quantitative estimate of drug-likeness (QED) is 0.349. The van der Waals surface area contributed by atoms with Gasteiger partial charge >= 0.3 is 0 Å². The molecule has 36 heavy (non-hydrogen) atoms. The first kappa shape index (κ1) is 21.9. The van der Waals surface area contributed by atoms with Gasteiger partial charge in [0.2, 0.25) is 0 Å². The molecule has 2 aromatic heterocycles. The largest absolute Gasteiger partial charge is 0.390 e. The Hall–Kier alpha value is -4.56. The van der Waals surface area contributed by atoms with E-state index in [1.54, 1.807) is 29.3 Å². The van der Waals surface area contributed by atoms with Crippen LogP contribution in [0, 0.1) is 12.7 Å². The highest BCUT2D eigenvalue weighted by molar-refractivity contribution is 6.20. The smallest absolute Gasteiger partial charge is 0.259 e. The number of aliphatic hydroxyl groups excluding tert-OH is 1. The molecule has 0 saturated heterocycles.